The van der Waals surface area contributed by atoms with Gasteiger partial charge in [-0.3, -0.25) is 9.78 Å². The van der Waals surface area contributed by atoms with Crippen molar-refractivity contribution in [2.75, 3.05) is 7.05 Å². The summed E-state index contributed by atoms with van der Waals surface area (Å²) in [7, 11) is -2.21. The topological polar surface area (TPSA) is 79.4 Å². The first-order valence-corrected chi connectivity index (χ1v) is 9.83. The molecule has 26 heavy (non-hydrogen) atoms. The highest BCUT2D eigenvalue weighted by Gasteiger charge is 2.25. The van der Waals surface area contributed by atoms with Crippen molar-refractivity contribution in [2.45, 2.75) is 37.8 Å². The third-order valence-electron chi connectivity index (χ3n) is 3.40. The van der Waals surface area contributed by atoms with Gasteiger partial charge < -0.3 is 4.90 Å². The molecule has 0 saturated carbocycles. The van der Waals surface area contributed by atoms with Crippen LogP contribution in [-0.4, -0.2) is 36.8 Å². The van der Waals surface area contributed by atoms with E-state index in [9.17, 15) is 13.2 Å². The summed E-state index contributed by atoms with van der Waals surface area (Å²) in [5.74, 6) is -0.308. The van der Waals surface area contributed by atoms with Crippen LogP contribution in [0.1, 0.15) is 36.7 Å². The maximum absolute atomic E-state index is 12.7. The molecule has 1 heterocycles. The zero-order valence-corrected chi connectivity index (χ0v) is 16.7. The first kappa shape index (κ1) is 20.4. The molecule has 1 N–H and O–H groups in total. The largest absolute Gasteiger partial charge is 0.337 e. The standard InChI is InChI=1S/C18H22ClN3O3S/c1-18(2,3)21-26(24,25)16-10-14(7-8-15(16)19)17(23)22(4)12-13-6-5-9-20-11-13/h5-11,21H,12H2,1-4H3. The predicted molar refractivity (Wildman–Crippen MR) is 102 cm³/mol. The van der Waals surface area contributed by atoms with E-state index in [1.807, 2.05) is 6.07 Å². The van der Waals surface area contributed by atoms with Crippen molar-refractivity contribution in [1.29, 1.82) is 0 Å². The third kappa shape index (κ3) is 5.27. The van der Waals surface area contributed by atoms with Gasteiger partial charge in [0.2, 0.25) is 10.0 Å². The van der Waals surface area contributed by atoms with E-state index in [1.54, 1.807) is 46.3 Å². The van der Waals surface area contributed by atoms with E-state index in [-0.39, 0.29) is 21.4 Å². The Bertz CT molecular complexity index is 894. The fourth-order valence-corrected chi connectivity index (χ4v) is 4.30. The Kier molecular flexibility index (Phi) is 6.05. The number of sulfonamides is 1. The van der Waals surface area contributed by atoms with Crippen molar-refractivity contribution in [1.82, 2.24) is 14.6 Å². The Morgan fingerprint density at radius 1 is 1.27 bits per heavy atom. The van der Waals surface area contributed by atoms with E-state index in [0.717, 1.165) is 5.56 Å². The molecule has 2 rings (SSSR count). The number of aromatic nitrogens is 1. The number of carbonyl (C=O) groups excluding carboxylic acids is 1. The van der Waals surface area contributed by atoms with E-state index >= 15 is 0 Å². The molecule has 0 fully saturated rings. The molecule has 0 radical (unpaired) electrons. The van der Waals surface area contributed by atoms with Crippen molar-refractivity contribution in [2.24, 2.45) is 0 Å². The number of rotatable bonds is 5. The zero-order chi connectivity index (χ0) is 19.5. The first-order chi connectivity index (χ1) is 12.0. The average molecular weight is 396 g/mol. The lowest BCUT2D eigenvalue weighted by Gasteiger charge is -2.21. The number of pyridine rings is 1. The van der Waals surface area contributed by atoms with Crippen LogP contribution in [0, 0.1) is 0 Å². The molecule has 0 saturated heterocycles. The number of amides is 1. The first-order valence-electron chi connectivity index (χ1n) is 7.97. The molecule has 8 heteroatoms. The summed E-state index contributed by atoms with van der Waals surface area (Å²) < 4.78 is 27.7. The summed E-state index contributed by atoms with van der Waals surface area (Å²) >= 11 is 6.07. The van der Waals surface area contributed by atoms with E-state index < -0.39 is 15.6 Å². The van der Waals surface area contributed by atoms with Crippen LogP contribution >= 0.6 is 11.6 Å². The summed E-state index contributed by atoms with van der Waals surface area (Å²) in [6.45, 7) is 5.55. The van der Waals surface area contributed by atoms with E-state index in [2.05, 4.69) is 9.71 Å². The van der Waals surface area contributed by atoms with Crippen LogP contribution in [0.3, 0.4) is 0 Å². The van der Waals surface area contributed by atoms with Gasteiger partial charge in [0.1, 0.15) is 4.90 Å². The van der Waals surface area contributed by atoms with Gasteiger partial charge in [0, 0.05) is 37.1 Å². The molecule has 1 aromatic carbocycles. The molecule has 0 aliphatic carbocycles. The van der Waals surface area contributed by atoms with Crippen molar-refractivity contribution < 1.29 is 13.2 Å². The molecule has 1 aromatic heterocycles. The summed E-state index contributed by atoms with van der Waals surface area (Å²) in [6.07, 6.45) is 3.33. The third-order valence-corrected chi connectivity index (χ3v) is 5.64. The predicted octanol–water partition coefficient (Wildman–Crippen LogP) is 3.08. The van der Waals surface area contributed by atoms with Crippen molar-refractivity contribution in [3.8, 4) is 0 Å². The Morgan fingerprint density at radius 2 is 1.96 bits per heavy atom. The highest BCUT2D eigenvalue weighted by molar-refractivity contribution is 7.89. The lowest BCUT2D eigenvalue weighted by molar-refractivity contribution is 0.0784. The number of carbonyl (C=O) groups is 1. The molecular formula is C18H22ClN3O3S. The van der Waals surface area contributed by atoms with Crippen molar-refractivity contribution in [3.05, 3.63) is 58.9 Å². The smallest absolute Gasteiger partial charge is 0.253 e. The van der Waals surface area contributed by atoms with Gasteiger partial charge >= 0.3 is 0 Å². The number of hydrogen-bond donors (Lipinski definition) is 1. The summed E-state index contributed by atoms with van der Waals surface area (Å²) in [5, 5.41) is 0.0632. The van der Waals surface area contributed by atoms with Crippen molar-refractivity contribution >= 4 is 27.5 Å². The molecule has 140 valence electrons. The second kappa shape index (κ2) is 7.73. The second-order valence-corrected chi connectivity index (χ2v) is 9.08. The monoisotopic (exact) mass is 395 g/mol. The normalized spacial score (nSPS) is 12.0. The fraction of sp³-hybridized carbons (Fsp3) is 0.333. The van der Waals surface area contributed by atoms with E-state index in [4.69, 9.17) is 11.6 Å². The summed E-state index contributed by atoms with van der Waals surface area (Å²) in [5.41, 5.74) is 0.453. The van der Waals surface area contributed by atoms with Crippen LogP contribution in [0.4, 0.5) is 0 Å². The van der Waals surface area contributed by atoms with Gasteiger partial charge in [-0.1, -0.05) is 17.7 Å². The molecule has 1 amide bonds. The molecule has 0 spiro atoms. The fourth-order valence-electron chi connectivity index (χ4n) is 2.36. The number of hydrogen-bond acceptors (Lipinski definition) is 4. The zero-order valence-electron chi connectivity index (χ0n) is 15.2. The second-order valence-electron chi connectivity index (χ2n) is 7.02. The number of benzene rings is 1. The van der Waals surface area contributed by atoms with Gasteiger partial charge in [0.15, 0.2) is 0 Å². The minimum atomic E-state index is -3.85. The minimum Gasteiger partial charge on any atom is -0.337 e. The van der Waals surface area contributed by atoms with Crippen LogP contribution in [-0.2, 0) is 16.6 Å². The van der Waals surface area contributed by atoms with Crippen molar-refractivity contribution in [3.63, 3.8) is 0 Å². The average Bonchev–Trinajstić information content (AvgIpc) is 2.53. The van der Waals surface area contributed by atoms with Crippen LogP contribution in [0.15, 0.2) is 47.6 Å². The quantitative estimate of drug-likeness (QED) is 0.843. The summed E-state index contributed by atoms with van der Waals surface area (Å²) in [6, 6.07) is 7.89. The van der Waals surface area contributed by atoms with Crippen LogP contribution in [0.25, 0.3) is 0 Å². The van der Waals surface area contributed by atoms with Crippen LogP contribution in [0.5, 0.6) is 0 Å². The van der Waals surface area contributed by atoms with Gasteiger partial charge in [-0.15, -0.1) is 0 Å². The van der Waals surface area contributed by atoms with Gasteiger partial charge in [-0.25, -0.2) is 13.1 Å². The number of nitrogens with one attached hydrogen (secondary N) is 1. The molecule has 0 bridgehead atoms. The maximum Gasteiger partial charge on any atom is 0.253 e. The van der Waals surface area contributed by atoms with Gasteiger partial charge in [0.05, 0.1) is 5.02 Å². The van der Waals surface area contributed by atoms with Crippen LogP contribution in [0.2, 0.25) is 5.02 Å². The minimum absolute atomic E-state index is 0.0632. The van der Waals surface area contributed by atoms with Gasteiger partial charge in [0.25, 0.3) is 5.91 Å². The lowest BCUT2D eigenvalue weighted by Crippen LogP contribution is -2.40. The molecule has 6 nitrogen and oxygen atoms in total. The molecule has 0 aliphatic heterocycles. The highest BCUT2D eigenvalue weighted by atomic mass is 35.5. The maximum atomic E-state index is 12.7. The Balaban J connectivity index is 2.29. The van der Waals surface area contributed by atoms with Gasteiger partial charge in [-0.2, -0.15) is 0 Å². The molecule has 2 aromatic rings. The van der Waals surface area contributed by atoms with E-state index in [0.29, 0.717) is 6.54 Å². The SMILES string of the molecule is CN(Cc1cccnc1)C(=O)c1ccc(Cl)c(S(=O)(=O)NC(C)(C)C)c1. The lowest BCUT2D eigenvalue weighted by atomic mass is 10.1. The Labute approximate surface area is 159 Å². The number of nitrogens with zero attached hydrogens (tertiary/aromatic N) is 2. The summed E-state index contributed by atoms with van der Waals surface area (Å²) in [4.78, 5) is 18.1. The highest BCUT2D eigenvalue weighted by Crippen LogP contribution is 2.24. The van der Waals surface area contributed by atoms with Crippen LogP contribution < -0.4 is 4.72 Å². The molecule has 0 atom stereocenters. The molecule has 0 aliphatic rings. The number of halogens is 1. The Morgan fingerprint density at radius 3 is 2.54 bits per heavy atom. The molecule has 0 unspecified atom stereocenters. The van der Waals surface area contributed by atoms with E-state index in [1.165, 1.54) is 23.1 Å². The molecular weight excluding hydrogens is 374 g/mol. The Hall–Kier alpha value is -1.96. The van der Waals surface area contributed by atoms with Gasteiger partial charge in [-0.05, 0) is 50.6 Å².